The highest BCUT2D eigenvalue weighted by atomic mass is 32.2. The molecule has 3 N–H and O–H groups in total. The van der Waals surface area contributed by atoms with E-state index >= 15 is 0 Å². The van der Waals surface area contributed by atoms with Crippen LogP contribution in [0.3, 0.4) is 0 Å². The molecular weight excluding hydrogens is 430 g/mol. The fourth-order valence-corrected chi connectivity index (χ4v) is 5.11. The number of carboxylic acid groups (broad SMARTS) is 2. The Morgan fingerprint density at radius 3 is 2.09 bits per heavy atom. The van der Waals surface area contributed by atoms with E-state index in [2.05, 4.69) is 5.32 Å². The fraction of sp³-hybridized carbons (Fsp3) is 0.375. The van der Waals surface area contributed by atoms with Gasteiger partial charge in [0.15, 0.2) is 0 Å². The predicted molar refractivity (Wildman–Crippen MR) is 123 cm³/mol. The summed E-state index contributed by atoms with van der Waals surface area (Å²) in [6.45, 7) is 1.99. The Bertz CT molecular complexity index is 933. The summed E-state index contributed by atoms with van der Waals surface area (Å²) >= 11 is 1.19. The fourth-order valence-electron chi connectivity index (χ4n) is 3.91. The average molecular weight is 458 g/mol. The molecule has 0 radical (unpaired) electrons. The molecule has 8 heteroatoms. The van der Waals surface area contributed by atoms with E-state index in [1.807, 2.05) is 55.5 Å². The summed E-state index contributed by atoms with van der Waals surface area (Å²) in [6.07, 6.45) is 0.548. The Morgan fingerprint density at radius 2 is 1.56 bits per heavy atom. The predicted octanol–water partition coefficient (Wildman–Crippen LogP) is 4.35. The SMILES string of the molecule is CCCC(SCCC(NC(=O)OCC1c2ccccc2-c2ccccc21)C(=O)O)C(=O)O. The lowest BCUT2D eigenvalue weighted by Crippen LogP contribution is -2.42. The lowest BCUT2D eigenvalue weighted by atomic mass is 9.98. The second-order valence-electron chi connectivity index (χ2n) is 7.64. The highest BCUT2D eigenvalue weighted by molar-refractivity contribution is 8.00. The Labute approximate surface area is 191 Å². The van der Waals surface area contributed by atoms with Gasteiger partial charge >= 0.3 is 18.0 Å². The van der Waals surface area contributed by atoms with Crippen molar-refractivity contribution in [3.05, 3.63) is 59.7 Å². The zero-order valence-electron chi connectivity index (χ0n) is 17.8. The number of alkyl carbamates (subject to hydrolysis) is 1. The Balaban J connectivity index is 1.56. The smallest absolute Gasteiger partial charge is 0.407 e. The summed E-state index contributed by atoms with van der Waals surface area (Å²) in [4.78, 5) is 35.1. The van der Waals surface area contributed by atoms with Crippen LogP contribution in [0.5, 0.6) is 0 Å². The lowest BCUT2D eigenvalue weighted by Gasteiger charge is -2.18. The number of carboxylic acids is 2. The number of carbonyl (C=O) groups is 3. The Hall–Kier alpha value is -3.00. The van der Waals surface area contributed by atoms with Gasteiger partial charge < -0.3 is 20.3 Å². The van der Waals surface area contributed by atoms with Crippen molar-refractivity contribution in [2.45, 2.75) is 43.4 Å². The van der Waals surface area contributed by atoms with Crippen molar-refractivity contribution in [2.75, 3.05) is 12.4 Å². The van der Waals surface area contributed by atoms with Crippen LogP contribution in [0.25, 0.3) is 11.1 Å². The first kappa shape index (κ1) is 23.7. The van der Waals surface area contributed by atoms with Crippen molar-refractivity contribution in [3.63, 3.8) is 0 Å². The molecule has 0 aliphatic heterocycles. The number of benzene rings is 2. The van der Waals surface area contributed by atoms with Crippen molar-refractivity contribution >= 4 is 29.8 Å². The number of thioether (sulfide) groups is 1. The monoisotopic (exact) mass is 457 g/mol. The first-order chi connectivity index (χ1) is 15.4. The third-order valence-corrected chi connectivity index (χ3v) is 6.80. The molecule has 0 aromatic heterocycles. The topological polar surface area (TPSA) is 113 Å². The van der Waals surface area contributed by atoms with Gasteiger partial charge in [-0.1, -0.05) is 61.9 Å². The molecule has 0 bridgehead atoms. The number of rotatable bonds is 11. The van der Waals surface area contributed by atoms with Gasteiger partial charge in [0.25, 0.3) is 0 Å². The molecular formula is C24H27NO6S. The third-order valence-electron chi connectivity index (χ3n) is 5.49. The van der Waals surface area contributed by atoms with Crippen molar-refractivity contribution < 1.29 is 29.3 Å². The van der Waals surface area contributed by atoms with Crippen LogP contribution in [-0.2, 0) is 14.3 Å². The molecule has 32 heavy (non-hydrogen) atoms. The molecule has 1 aliphatic rings. The minimum Gasteiger partial charge on any atom is -0.480 e. The summed E-state index contributed by atoms with van der Waals surface area (Å²) in [5.41, 5.74) is 4.36. The summed E-state index contributed by atoms with van der Waals surface area (Å²) in [5, 5.41) is 20.5. The maximum absolute atomic E-state index is 12.3. The number of aliphatic carboxylic acids is 2. The summed E-state index contributed by atoms with van der Waals surface area (Å²) in [7, 11) is 0. The quantitative estimate of drug-likeness (QED) is 0.460. The maximum Gasteiger partial charge on any atom is 0.407 e. The van der Waals surface area contributed by atoms with E-state index in [1.54, 1.807) is 0 Å². The van der Waals surface area contributed by atoms with Gasteiger partial charge in [0.05, 0.1) is 0 Å². The summed E-state index contributed by atoms with van der Waals surface area (Å²) in [6, 6.07) is 14.8. The molecule has 170 valence electrons. The van der Waals surface area contributed by atoms with E-state index in [0.29, 0.717) is 12.2 Å². The average Bonchev–Trinajstić information content (AvgIpc) is 3.10. The van der Waals surface area contributed by atoms with Crippen LogP contribution in [0.4, 0.5) is 4.79 Å². The van der Waals surface area contributed by atoms with Crippen LogP contribution in [0.1, 0.15) is 43.2 Å². The maximum atomic E-state index is 12.3. The molecule has 0 spiro atoms. The lowest BCUT2D eigenvalue weighted by molar-refractivity contribution is -0.139. The molecule has 2 atom stereocenters. The van der Waals surface area contributed by atoms with Gasteiger partial charge in [-0.05, 0) is 40.8 Å². The second kappa shape index (κ2) is 11.0. The van der Waals surface area contributed by atoms with Crippen LogP contribution in [-0.4, -0.2) is 51.9 Å². The van der Waals surface area contributed by atoms with Gasteiger partial charge in [0.1, 0.15) is 17.9 Å². The third kappa shape index (κ3) is 5.62. The number of hydrogen-bond donors (Lipinski definition) is 3. The standard InChI is InChI=1S/C24H27NO6S/c1-2-7-21(23(28)29)32-13-12-20(22(26)27)25-24(30)31-14-19-17-10-5-3-8-15(17)16-9-4-6-11-18(16)19/h3-6,8-11,19-21H,2,7,12-14H2,1H3,(H,25,30)(H,26,27)(H,28,29). The van der Waals surface area contributed by atoms with Gasteiger partial charge in [0.2, 0.25) is 0 Å². The van der Waals surface area contributed by atoms with E-state index < -0.39 is 29.3 Å². The van der Waals surface area contributed by atoms with Crippen LogP contribution in [0.15, 0.2) is 48.5 Å². The number of nitrogens with one attached hydrogen (secondary N) is 1. The van der Waals surface area contributed by atoms with Crippen molar-refractivity contribution in [1.82, 2.24) is 5.32 Å². The molecule has 0 saturated carbocycles. The Morgan fingerprint density at radius 1 is 0.969 bits per heavy atom. The zero-order valence-corrected chi connectivity index (χ0v) is 18.6. The van der Waals surface area contributed by atoms with Crippen molar-refractivity contribution in [1.29, 1.82) is 0 Å². The molecule has 1 amide bonds. The molecule has 7 nitrogen and oxygen atoms in total. The van der Waals surface area contributed by atoms with Crippen molar-refractivity contribution in [3.8, 4) is 11.1 Å². The van der Waals surface area contributed by atoms with E-state index in [0.717, 1.165) is 28.7 Å². The van der Waals surface area contributed by atoms with Gasteiger partial charge in [-0.2, -0.15) is 0 Å². The van der Waals surface area contributed by atoms with E-state index in [1.165, 1.54) is 11.8 Å². The number of carbonyl (C=O) groups excluding carboxylic acids is 1. The van der Waals surface area contributed by atoms with Crippen molar-refractivity contribution in [2.24, 2.45) is 0 Å². The first-order valence-electron chi connectivity index (χ1n) is 10.6. The summed E-state index contributed by atoms with van der Waals surface area (Å²) < 4.78 is 5.41. The number of fused-ring (bicyclic) bond motifs is 3. The molecule has 0 saturated heterocycles. The second-order valence-corrected chi connectivity index (χ2v) is 8.95. The number of ether oxygens (including phenoxy) is 1. The molecule has 2 aromatic rings. The zero-order chi connectivity index (χ0) is 23.1. The molecule has 0 heterocycles. The van der Waals surface area contributed by atoms with Crippen LogP contribution < -0.4 is 5.32 Å². The van der Waals surface area contributed by atoms with Crippen LogP contribution >= 0.6 is 11.8 Å². The van der Waals surface area contributed by atoms with Gasteiger partial charge in [-0.25, -0.2) is 9.59 Å². The molecule has 0 fully saturated rings. The minimum absolute atomic E-state index is 0.0958. The van der Waals surface area contributed by atoms with Crippen LogP contribution in [0.2, 0.25) is 0 Å². The first-order valence-corrected chi connectivity index (χ1v) is 11.7. The number of hydrogen-bond acceptors (Lipinski definition) is 5. The highest BCUT2D eigenvalue weighted by Gasteiger charge is 2.30. The molecule has 2 aromatic carbocycles. The Kier molecular flexibility index (Phi) is 8.16. The highest BCUT2D eigenvalue weighted by Crippen LogP contribution is 2.44. The minimum atomic E-state index is -1.18. The molecule has 3 rings (SSSR count). The largest absolute Gasteiger partial charge is 0.480 e. The van der Waals surface area contributed by atoms with E-state index in [9.17, 15) is 24.6 Å². The van der Waals surface area contributed by atoms with E-state index in [4.69, 9.17) is 4.74 Å². The normalized spacial score (nSPS) is 14.2. The molecule has 1 aliphatic carbocycles. The van der Waals surface area contributed by atoms with Gasteiger partial charge in [-0.15, -0.1) is 11.8 Å². The van der Waals surface area contributed by atoms with Crippen LogP contribution in [0, 0.1) is 0 Å². The summed E-state index contributed by atoms with van der Waals surface area (Å²) in [5.74, 6) is -1.90. The van der Waals surface area contributed by atoms with Gasteiger partial charge in [0, 0.05) is 5.92 Å². The number of amides is 1. The van der Waals surface area contributed by atoms with Gasteiger partial charge in [-0.3, -0.25) is 4.79 Å². The molecule has 2 unspecified atom stereocenters. The van der Waals surface area contributed by atoms with E-state index in [-0.39, 0.29) is 18.9 Å².